The molecule has 8 heteroatoms. The first-order valence-electron chi connectivity index (χ1n) is 9.87. The van der Waals surface area contributed by atoms with Crippen LogP contribution in [0.2, 0.25) is 0 Å². The van der Waals surface area contributed by atoms with Crippen LogP contribution in [-0.4, -0.2) is 67.1 Å². The summed E-state index contributed by atoms with van der Waals surface area (Å²) < 4.78 is 7.50. The second kappa shape index (κ2) is 11.5. The molecule has 1 saturated heterocycles. The number of hydrogen-bond acceptors (Lipinski definition) is 4. The Bertz CT molecular complexity index is 756. The number of benzene rings is 1. The number of halogens is 1. The molecule has 1 aromatic heterocycles. The van der Waals surface area contributed by atoms with Crippen molar-refractivity contribution in [2.24, 2.45) is 4.99 Å². The Kier molecular flexibility index (Phi) is 9.38. The molecule has 7 nitrogen and oxygen atoms in total. The van der Waals surface area contributed by atoms with Crippen LogP contribution in [0, 0.1) is 0 Å². The van der Waals surface area contributed by atoms with E-state index in [-0.39, 0.29) is 29.5 Å². The van der Waals surface area contributed by atoms with Crippen molar-refractivity contribution in [1.82, 2.24) is 25.3 Å². The van der Waals surface area contributed by atoms with Crippen LogP contribution in [0.5, 0.6) is 0 Å². The predicted molar refractivity (Wildman–Crippen MR) is 128 cm³/mol. The van der Waals surface area contributed by atoms with Gasteiger partial charge in [-0.2, -0.15) is 5.10 Å². The van der Waals surface area contributed by atoms with Crippen molar-refractivity contribution in [2.45, 2.75) is 31.5 Å². The zero-order valence-corrected chi connectivity index (χ0v) is 19.9. The Balaban J connectivity index is 0.00000300. The average molecular weight is 512 g/mol. The Hall–Kier alpha value is -1.65. The maximum atomic E-state index is 5.56. The second-order valence-electron chi connectivity index (χ2n) is 7.48. The van der Waals surface area contributed by atoms with E-state index in [1.54, 1.807) is 0 Å². The first kappa shape index (κ1) is 23.6. The summed E-state index contributed by atoms with van der Waals surface area (Å²) in [6, 6.07) is 10.4. The van der Waals surface area contributed by atoms with Gasteiger partial charge in [0.05, 0.1) is 6.54 Å². The first-order chi connectivity index (χ1) is 13.6. The quantitative estimate of drug-likeness (QED) is 0.339. The minimum Gasteiger partial charge on any atom is -0.381 e. The predicted octanol–water partition coefficient (Wildman–Crippen LogP) is 2.33. The van der Waals surface area contributed by atoms with Gasteiger partial charge >= 0.3 is 0 Å². The van der Waals surface area contributed by atoms with Crippen LogP contribution in [0.1, 0.15) is 24.0 Å². The fourth-order valence-electron chi connectivity index (χ4n) is 3.63. The van der Waals surface area contributed by atoms with Crippen molar-refractivity contribution in [3.05, 3.63) is 53.9 Å². The van der Waals surface area contributed by atoms with Crippen molar-refractivity contribution < 1.29 is 4.74 Å². The molecular weight excluding hydrogens is 479 g/mol. The highest BCUT2D eigenvalue weighted by Gasteiger charge is 2.34. The summed E-state index contributed by atoms with van der Waals surface area (Å²) in [7, 11) is 6.11. The van der Waals surface area contributed by atoms with E-state index >= 15 is 0 Å². The number of rotatable bonds is 7. The van der Waals surface area contributed by atoms with Gasteiger partial charge in [0.15, 0.2) is 5.96 Å². The SMILES string of the molecule is CN=C(NCc1ccccc1Cn1cccn1)NCC1(N(C)C)CCOCC1.I. The monoisotopic (exact) mass is 512 g/mol. The Morgan fingerprint density at radius 1 is 1.17 bits per heavy atom. The number of guanidine groups is 1. The number of nitrogens with zero attached hydrogens (tertiary/aromatic N) is 4. The van der Waals surface area contributed by atoms with Gasteiger partial charge in [0.2, 0.25) is 0 Å². The van der Waals surface area contributed by atoms with Crippen LogP contribution in [0.4, 0.5) is 0 Å². The van der Waals surface area contributed by atoms with E-state index in [9.17, 15) is 0 Å². The molecule has 0 spiro atoms. The Morgan fingerprint density at radius 2 is 1.90 bits per heavy atom. The van der Waals surface area contributed by atoms with Gasteiger partial charge in [-0.15, -0.1) is 24.0 Å². The van der Waals surface area contributed by atoms with Crippen molar-refractivity contribution in [3.63, 3.8) is 0 Å². The summed E-state index contributed by atoms with van der Waals surface area (Å²) in [6.45, 7) is 3.95. The van der Waals surface area contributed by atoms with Gasteiger partial charge in [-0.3, -0.25) is 9.67 Å². The number of nitrogens with one attached hydrogen (secondary N) is 2. The molecule has 0 aliphatic carbocycles. The zero-order chi connectivity index (χ0) is 19.8. The molecule has 0 bridgehead atoms. The van der Waals surface area contributed by atoms with Gasteiger partial charge < -0.3 is 20.3 Å². The standard InChI is InChI=1S/C21H32N6O.HI/c1-22-20(24-17-21(26(2)3)9-13-28-14-10-21)23-15-18-7-4-5-8-19(18)16-27-12-6-11-25-27;/h4-8,11-12H,9-10,13-17H2,1-3H3,(H2,22,23,24);1H. The molecule has 0 radical (unpaired) electrons. The highest BCUT2D eigenvalue weighted by Crippen LogP contribution is 2.25. The van der Waals surface area contributed by atoms with Crippen molar-refractivity contribution in [2.75, 3.05) is 40.9 Å². The van der Waals surface area contributed by atoms with Crippen molar-refractivity contribution in [3.8, 4) is 0 Å². The van der Waals surface area contributed by atoms with Crippen LogP contribution in [0.15, 0.2) is 47.7 Å². The topological polar surface area (TPSA) is 66.7 Å². The largest absolute Gasteiger partial charge is 0.381 e. The summed E-state index contributed by atoms with van der Waals surface area (Å²) in [4.78, 5) is 6.73. The third-order valence-corrected chi connectivity index (χ3v) is 5.64. The molecule has 160 valence electrons. The fourth-order valence-corrected chi connectivity index (χ4v) is 3.63. The van der Waals surface area contributed by atoms with E-state index < -0.39 is 0 Å². The molecule has 2 aromatic rings. The van der Waals surface area contributed by atoms with Crippen LogP contribution < -0.4 is 10.6 Å². The molecule has 2 N–H and O–H groups in total. The zero-order valence-electron chi connectivity index (χ0n) is 17.6. The Labute approximate surface area is 190 Å². The smallest absolute Gasteiger partial charge is 0.191 e. The number of aromatic nitrogens is 2. The summed E-state index contributed by atoms with van der Waals surface area (Å²) in [5.41, 5.74) is 2.60. The van der Waals surface area contributed by atoms with Crippen LogP contribution >= 0.6 is 24.0 Å². The molecule has 1 aliphatic heterocycles. The van der Waals surface area contributed by atoms with Gasteiger partial charge in [0, 0.05) is 51.3 Å². The average Bonchev–Trinajstić information content (AvgIpc) is 3.23. The normalized spacial score (nSPS) is 16.3. The van der Waals surface area contributed by atoms with E-state index in [0.29, 0.717) is 0 Å². The summed E-state index contributed by atoms with van der Waals surface area (Å²) in [5.74, 6) is 0.821. The minimum absolute atomic E-state index is 0. The fraction of sp³-hybridized carbons (Fsp3) is 0.524. The molecule has 1 aliphatic rings. The highest BCUT2D eigenvalue weighted by atomic mass is 127. The first-order valence-corrected chi connectivity index (χ1v) is 9.87. The lowest BCUT2D eigenvalue weighted by molar-refractivity contribution is -0.00501. The number of aliphatic imine (C=N–C) groups is 1. The van der Waals surface area contributed by atoms with Gasteiger partial charge in [0.1, 0.15) is 0 Å². The van der Waals surface area contributed by atoms with Crippen LogP contribution in [0.25, 0.3) is 0 Å². The molecule has 0 amide bonds. The van der Waals surface area contributed by atoms with Gasteiger partial charge in [0.25, 0.3) is 0 Å². The maximum Gasteiger partial charge on any atom is 0.191 e. The third-order valence-electron chi connectivity index (χ3n) is 5.64. The van der Waals surface area contributed by atoms with Crippen molar-refractivity contribution >= 4 is 29.9 Å². The van der Waals surface area contributed by atoms with Crippen molar-refractivity contribution in [1.29, 1.82) is 0 Å². The van der Waals surface area contributed by atoms with Crippen LogP contribution in [0.3, 0.4) is 0 Å². The van der Waals surface area contributed by atoms with Gasteiger partial charge in [-0.05, 0) is 44.1 Å². The Morgan fingerprint density at radius 3 is 2.52 bits per heavy atom. The molecule has 3 rings (SSSR count). The molecule has 0 unspecified atom stereocenters. The molecule has 29 heavy (non-hydrogen) atoms. The molecule has 0 saturated carbocycles. The van der Waals surface area contributed by atoms with E-state index in [1.807, 2.05) is 30.2 Å². The molecule has 1 aromatic carbocycles. The second-order valence-corrected chi connectivity index (χ2v) is 7.48. The lowest BCUT2D eigenvalue weighted by atomic mass is 9.88. The number of ether oxygens (including phenoxy) is 1. The summed E-state index contributed by atoms with van der Waals surface area (Å²) in [5, 5.41) is 11.3. The maximum absolute atomic E-state index is 5.56. The summed E-state index contributed by atoms with van der Waals surface area (Å²) >= 11 is 0. The molecule has 1 fully saturated rings. The molecule has 0 atom stereocenters. The lowest BCUT2D eigenvalue weighted by Gasteiger charge is -2.43. The highest BCUT2D eigenvalue weighted by molar-refractivity contribution is 14.0. The van der Waals surface area contributed by atoms with Gasteiger partial charge in [-0.1, -0.05) is 24.3 Å². The van der Waals surface area contributed by atoms with E-state index in [1.165, 1.54) is 11.1 Å². The lowest BCUT2D eigenvalue weighted by Crippen LogP contribution is -2.57. The van der Waals surface area contributed by atoms with Gasteiger partial charge in [-0.25, -0.2) is 0 Å². The minimum atomic E-state index is 0. The van der Waals surface area contributed by atoms with Crippen LogP contribution in [-0.2, 0) is 17.8 Å². The molecule has 2 heterocycles. The third kappa shape index (κ3) is 6.42. The number of hydrogen-bond donors (Lipinski definition) is 2. The van der Waals surface area contributed by atoms with E-state index in [4.69, 9.17) is 4.74 Å². The molecular formula is C21H33IN6O. The van der Waals surface area contributed by atoms with E-state index in [0.717, 1.165) is 51.6 Å². The summed E-state index contributed by atoms with van der Waals surface area (Å²) in [6.07, 6.45) is 5.84. The van der Waals surface area contributed by atoms with E-state index in [2.05, 4.69) is 64.0 Å². The number of likely N-dealkylation sites (N-methyl/N-ethyl adjacent to an activating group) is 1.